The molecule has 3 aromatic carbocycles. The molecule has 1 atom stereocenters. The Balaban J connectivity index is 1.68. The number of pyridine rings is 1. The number of carboxylic acids is 1. The summed E-state index contributed by atoms with van der Waals surface area (Å²) in [5, 5.41) is 16.9. The lowest BCUT2D eigenvalue weighted by molar-refractivity contribution is -0.141. The number of amides is 1. The first-order valence-corrected chi connectivity index (χ1v) is 12.7. The predicted octanol–water partition coefficient (Wildman–Crippen LogP) is 7.07. The van der Waals surface area contributed by atoms with E-state index in [0.717, 1.165) is 38.7 Å². The normalized spacial score (nSPS) is 15.1. The van der Waals surface area contributed by atoms with Crippen LogP contribution in [0.25, 0.3) is 22.0 Å². The first kappa shape index (κ1) is 24.9. The molecule has 8 heteroatoms. The molecule has 1 amide bonds. The van der Waals surface area contributed by atoms with Gasteiger partial charge in [0.25, 0.3) is 0 Å². The van der Waals surface area contributed by atoms with Gasteiger partial charge in [-0.25, -0.2) is 5.01 Å². The van der Waals surface area contributed by atoms with Crippen molar-refractivity contribution in [3.63, 3.8) is 0 Å². The Morgan fingerprint density at radius 3 is 2.43 bits per heavy atom. The highest BCUT2D eigenvalue weighted by atomic mass is 35.5. The molecule has 1 aliphatic heterocycles. The van der Waals surface area contributed by atoms with E-state index in [1.54, 1.807) is 0 Å². The Morgan fingerprint density at radius 2 is 1.73 bits per heavy atom. The van der Waals surface area contributed by atoms with Crippen molar-refractivity contribution in [2.24, 2.45) is 5.10 Å². The molecular weight excluding hydrogens is 506 g/mol. The summed E-state index contributed by atoms with van der Waals surface area (Å²) >= 11 is 12.0. The van der Waals surface area contributed by atoms with Crippen molar-refractivity contribution in [3.05, 3.63) is 99.1 Å². The number of hydrazone groups is 1. The van der Waals surface area contributed by atoms with Gasteiger partial charge in [0, 0.05) is 39.9 Å². The molecule has 1 aliphatic rings. The number of hydrogen-bond acceptors (Lipinski definition) is 4. The van der Waals surface area contributed by atoms with Gasteiger partial charge in [0.1, 0.15) is 4.64 Å². The topological polar surface area (TPSA) is 85.8 Å². The van der Waals surface area contributed by atoms with Gasteiger partial charge in [-0.2, -0.15) is 5.10 Å². The second-order valence-electron chi connectivity index (χ2n) is 9.07. The van der Waals surface area contributed by atoms with E-state index in [2.05, 4.69) is 4.98 Å². The van der Waals surface area contributed by atoms with E-state index in [0.29, 0.717) is 21.8 Å². The number of carboxylic acid groups (broad SMARTS) is 1. The second kappa shape index (κ2) is 10.3. The molecule has 1 aromatic heterocycles. The van der Waals surface area contributed by atoms with E-state index >= 15 is 0 Å². The highest BCUT2D eigenvalue weighted by Gasteiger charge is 2.34. The van der Waals surface area contributed by atoms with Gasteiger partial charge in [0.05, 0.1) is 18.2 Å². The number of aliphatic carboxylic acids is 1. The van der Waals surface area contributed by atoms with E-state index in [1.807, 2.05) is 79.7 Å². The van der Waals surface area contributed by atoms with Gasteiger partial charge in [-0.15, -0.1) is 0 Å². The lowest BCUT2D eigenvalue weighted by Crippen LogP contribution is -2.27. The van der Waals surface area contributed by atoms with Crippen LogP contribution in [0.5, 0.6) is 0 Å². The van der Waals surface area contributed by atoms with Crippen LogP contribution in [0.15, 0.2) is 77.9 Å². The summed E-state index contributed by atoms with van der Waals surface area (Å²) in [6.45, 7) is 2.00. The molecule has 0 aliphatic carbocycles. The van der Waals surface area contributed by atoms with Crippen molar-refractivity contribution in [3.8, 4) is 11.1 Å². The fraction of sp³-hybridized carbons (Fsp3) is 0.172. The Bertz CT molecular complexity index is 1590. The van der Waals surface area contributed by atoms with Crippen LogP contribution in [0.3, 0.4) is 0 Å². The minimum atomic E-state index is -1.02. The number of para-hydroxylation sites is 1. The third-order valence-corrected chi connectivity index (χ3v) is 7.08. The van der Waals surface area contributed by atoms with Crippen molar-refractivity contribution in [1.29, 1.82) is 0 Å². The predicted molar refractivity (Wildman–Crippen MR) is 148 cm³/mol. The van der Waals surface area contributed by atoms with Gasteiger partial charge in [-0.3, -0.25) is 9.59 Å². The molecule has 37 heavy (non-hydrogen) atoms. The molecule has 186 valence electrons. The number of fused-ring (bicyclic) bond motifs is 1. The summed E-state index contributed by atoms with van der Waals surface area (Å²) < 4.78 is 0.518. The minimum Gasteiger partial charge on any atom is -0.481 e. The summed E-state index contributed by atoms with van der Waals surface area (Å²) in [5.74, 6) is -1.36. The first-order valence-electron chi connectivity index (χ1n) is 11.9. The molecule has 0 fully saturated rings. The molecular formula is C29H24ClN3O3S. The number of carbonyl (C=O) groups is 2. The molecule has 5 rings (SSSR count). The standard InChI is InChI=1S/C29H24ClN3O3S/c1-17-6-8-18(9-7-17)24-16-23(32-33(24)25(34)14-15-26(35)36)28-27(19-10-12-20(30)13-11-19)21-4-2-3-5-22(21)31-29(28)37/h2-13,24H,14-16H2,1H3,(H,31,37)(H,35,36). The van der Waals surface area contributed by atoms with Gasteiger partial charge in [-0.05, 0) is 36.2 Å². The summed E-state index contributed by atoms with van der Waals surface area (Å²) in [4.78, 5) is 27.7. The Hall–Kier alpha value is -3.81. The Morgan fingerprint density at radius 1 is 1.03 bits per heavy atom. The highest BCUT2D eigenvalue weighted by Crippen LogP contribution is 2.39. The SMILES string of the molecule is Cc1ccc(C2CC(c3c(-c4ccc(Cl)cc4)c4ccccc4[nH]c3=S)=NN2C(=O)CCC(=O)O)cc1. The van der Waals surface area contributed by atoms with Crippen molar-refractivity contribution in [2.75, 3.05) is 0 Å². The number of nitrogens with zero attached hydrogens (tertiary/aromatic N) is 2. The van der Waals surface area contributed by atoms with Gasteiger partial charge >= 0.3 is 5.97 Å². The number of aryl methyl sites for hydroxylation is 1. The van der Waals surface area contributed by atoms with Gasteiger partial charge in [0.2, 0.25) is 5.91 Å². The Kier molecular flexibility index (Phi) is 6.91. The fourth-order valence-electron chi connectivity index (χ4n) is 4.70. The van der Waals surface area contributed by atoms with Crippen molar-refractivity contribution in [2.45, 2.75) is 32.2 Å². The van der Waals surface area contributed by atoms with Crippen molar-refractivity contribution >= 4 is 52.3 Å². The van der Waals surface area contributed by atoms with Crippen LogP contribution in [0.2, 0.25) is 5.02 Å². The number of rotatable bonds is 6. The highest BCUT2D eigenvalue weighted by molar-refractivity contribution is 7.71. The molecule has 2 N–H and O–H groups in total. The van der Waals surface area contributed by atoms with Crippen molar-refractivity contribution in [1.82, 2.24) is 9.99 Å². The monoisotopic (exact) mass is 529 g/mol. The van der Waals surface area contributed by atoms with Crippen LogP contribution >= 0.6 is 23.8 Å². The van der Waals surface area contributed by atoms with Gasteiger partial charge in [-0.1, -0.05) is 84.0 Å². The average molecular weight is 530 g/mol. The summed E-state index contributed by atoms with van der Waals surface area (Å²) in [6, 6.07) is 23.1. The zero-order valence-electron chi connectivity index (χ0n) is 20.1. The van der Waals surface area contributed by atoms with E-state index in [9.17, 15) is 9.59 Å². The van der Waals surface area contributed by atoms with Crippen LogP contribution in [0.1, 0.15) is 42.0 Å². The molecule has 2 heterocycles. The number of halogens is 1. The molecule has 0 radical (unpaired) electrons. The number of H-pyrrole nitrogens is 1. The van der Waals surface area contributed by atoms with Crippen molar-refractivity contribution < 1.29 is 14.7 Å². The smallest absolute Gasteiger partial charge is 0.303 e. The lowest BCUT2D eigenvalue weighted by Gasteiger charge is -2.22. The van der Waals surface area contributed by atoms with Gasteiger partial charge < -0.3 is 10.1 Å². The van der Waals surface area contributed by atoms with E-state index in [1.165, 1.54) is 5.01 Å². The number of benzene rings is 3. The molecule has 0 spiro atoms. The number of nitrogens with one attached hydrogen (secondary N) is 1. The summed E-state index contributed by atoms with van der Waals surface area (Å²) in [7, 11) is 0. The van der Waals surface area contributed by atoms with Crippen LogP contribution in [-0.4, -0.2) is 32.7 Å². The van der Waals surface area contributed by atoms with E-state index in [4.69, 9.17) is 34.0 Å². The molecule has 0 saturated heterocycles. The average Bonchev–Trinajstić information content (AvgIpc) is 3.32. The number of aromatic amines is 1. The zero-order chi connectivity index (χ0) is 26.1. The summed E-state index contributed by atoms with van der Waals surface area (Å²) in [5.41, 5.74) is 6.20. The molecule has 4 aromatic rings. The second-order valence-corrected chi connectivity index (χ2v) is 9.91. The molecule has 0 saturated carbocycles. The number of aromatic nitrogens is 1. The third-order valence-electron chi connectivity index (χ3n) is 6.52. The maximum Gasteiger partial charge on any atom is 0.303 e. The van der Waals surface area contributed by atoms with Gasteiger partial charge in [0.15, 0.2) is 0 Å². The Labute approximate surface area is 224 Å². The summed E-state index contributed by atoms with van der Waals surface area (Å²) in [6.07, 6.45) is 0.0498. The maximum absolute atomic E-state index is 13.2. The van der Waals surface area contributed by atoms with Crippen LogP contribution in [0, 0.1) is 11.6 Å². The third kappa shape index (κ3) is 5.05. The first-order chi connectivity index (χ1) is 17.8. The number of hydrogen-bond donors (Lipinski definition) is 2. The largest absolute Gasteiger partial charge is 0.481 e. The van der Waals surface area contributed by atoms with Crippen LogP contribution < -0.4 is 0 Å². The molecule has 6 nitrogen and oxygen atoms in total. The van der Waals surface area contributed by atoms with Crippen LogP contribution in [-0.2, 0) is 9.59 Å². The maximum atomic E-state index is 13.2. The number of carbonyl (C=O) groups excluding carboxylic acids is 1. The van der Waals surface area contributed by atoms with E-state index < -0.39 is 5.97 Å². The molecule has 0 bridgehead atoms. The quantitative estimate of drug-likeness (QED) is 0.261. The fourth-order valence-corrected chi connectivity index (χ4v) is 5.16. The zero-order valence-corrected chi connectivity index (χ0v) is 21.6. The lowest BCUT2D eigenvalue weighted by atomic mass is 9.91. The van der Waals surface area contributed by atoms with E-state index in [-0.39, 0.29) is 24.8 Å². The molecule has 1 unspecified atom stereocenters. The van der Waals surface area contributed by atoms with Crippen LogP contribution in [0.4, 0.5) is 0 Å². The minimum absolute atomic E-state index is 0.136.